The Balaban J connectivity index is 2.02. The van der Waals surface area contributed by atoms with Crippen molar-refractivity contribution in [2.45, 2.75) is 13.5 Å². The second-order valence-electron chi connectivity index (χ2n) is 3.12. The second-order valence-corrected chi connectivity index (χ2v) is 3.12. The minimum atomic E-state index is 0.572. The molecule has 0 radical (unpaired) electrons. The molecule has 0 N–H and O–H groups in total. The Morgan fingerprint density at radius 3 is 2.93 bits per heavy atom. The molecule has 0 fully saturated rings. The maximum absolute atomic E-state index is 5.47. The van der Waals surface area contributed by atoms with E-state index >= 15 is 0 Å². The average Bonchev–Trinajstić information content (AvgIpc) is 2.69. The van der Waals surface area contributed by atoms with Crippen molar-refractivity contribution in [2.75, 3.05) is 0 Å². The minimum Gasteiger partial charge on any atom is -0.408 e. The first-order valence-electron chi connectivity index (χ1n) is 4.52. The second kappa shape index (κ2) is 3.96. The molecular weight excluding hydrogens is 176 g/mol. The molecule has 0 unspecified atom stereocenters. The van der Waals surface area contributed by atoms with Crippen molar-refractivity contribution in [3.63, 3.8) is 0 Å². The Labute approximate surface area is 82.9 Å². The van der Waals surface area contributed by atoms with E-state index in [1.807, 2.05) is 12.1 Å². The van der Waals surface area contributed by atoms with E-state index in [4.69, 9.17) is 4.84 Å². The Hall–Kier alpha value is -1.77. The van der Waals surface area contributed by atoms with Gasteiger partial charge in [-0.1, -0.05) is 24.3 Å². The number of imidazole rings is 1. The quantitative estimate of drug-likeness (QED) is 0.734. The summed E-state index contributed by atoms with van der Waals surface area (Å²) < 4.78 is 1.60. The highest BCUT2D eigenvalue weighted by Gasteiger charge is 1.97. The number of benzene rings is 1. The number of aryl methyl sites for hydroxylation is 1. The summed E-state index contributed by atoms with van der Waals surface area (Å²) in [4.78, 5) is 9.36. The van der Waals surface area contributed by atoms with Gasteiger partial charge in [-0.15, -0.1) is 0 Å². The Kier molecular flexibility index (Phi) is 2.49. The zero-order chi connectivity index (χ0) is 9.80. The van der Waals surface area contributed by atoms with Gasteiger partial charge >= 0.3 is 0 Å². The molecular formula is C11H12N2O. The molecule has 0 atom stereocenters. The first kappa shape index (κ1) is 8.81. The van der Waals surface area contributed by atoms with Gasteiger partial charge in [0.25, 0.3) is 0 Å². The SMILES string of the molecule is Cc1ccccc1COn1ccnc1. The van der Waals surface area contributed by atoms with E-state index in [1.54, 1.807) is 23.5 Å². The van der Waals surface area contributed by atoms with E-state index in [0.717, 1.165) is 0 Å². The molecule has 0 saturated carbocycles. The van der Waals surface area contributed by atoms with Crippen LogP contribution in [0.2, 0.25) is 0 Å². The summed E-state index contributed by atoms with van der Waals surface area (Å²) in [7, 11) is 0. The van der Waals surface area contributed by atoms with Gasteiger partial charge in [-0.2, -0.15) is 4.73 Å². The van der Waals surface area contributed by atoms with E-state index in [2.05, 4.69) is 24.0 Å². The van der Waals surface area contributed by atoms with Crippen molar-refractivity contribution >= 4 is 0 Å². The molecule has 0 aliphatic rings. The zero-order valence-electron chi connectivity index (χ0n) is 8.05. The van der Waals surface area contributed by atoms with Crippen LogP contribution in [0.25, 0.3) is 0 Å². The van der Waals surface area contributed by atoms with Crippen molar-refractivity contribution in [3.8, 4) is 0 Å². The monoisotopic (exact) mass is 188 g/mol. The largest absolute Gasteiger partial charge is 0.408 e. The summed E-state index contributed by atoms with van der Waals surface area (Å²) in [5, 5.41) is 0. The van der Waals surface area contributed by atoms with Crippen molar-refractivity contribution in [3.05, 3.63) is 54.1 Å². The Bertz CT molecular complexity index is 395. The van der Waals surface area contributed by atoms with Gasteiger partial charge in [-0.05, 0) is 18.1 Å². The highest BCUT2D eigenvalue weighted by molar-refractivity contribution is 5.24. The van der Waals surface area contributed by atoms with Gasteiger partial charge in [0.2, 0.25) is 0 Å². The maximum Gasteiger partial charge on any atom is 0.140 e. The Morgan fingerprint density at radius 2 is 2.21 bits per heavy atom. The summed E-state index contributed by atoms with van der Waals surface area (Å²) in [6.45, 7) is 2.65. The molecule has 72 valence electrons. The number of aromatic nitrogens is 2. The molecule has 3 heteroatoms. The lowest BCUT2D eigenvalue weighted by molar-refractivity contribution is 0.0966. The highest BCUT2D eigenvalue weighted by atomic mass is 16.7. The molecule has 3 nitrogen and oxygen atoms in total. The zero-order valence-corrected chi connectivity index (χ0v) is 8.05. The van der Waals surface area contributed by atoms with Crippen LogP contribution in [0.15, 0.2) is 43.0 Å². The van der Waals surface area contributed by atoms with Crippen LogP contribution in [0, 0.1) is 6.92 Å². The first-order valence-corrected chi connectivity index (χ1v) is 4.52. The lowest BCUT2D eigenvalue weighted by Crippen LogP contribution is -2.09. The molecule has 0 aliphatic carbocycles. The number of hydrogen-bond acceptors (Lipinski definition) is 2. The van der Waals surface area contributed by atoms with Gasteiger partial charge in [-0.3, -0.25) is 0 Å². The fourth-order valence-corrected chi connectivity index (χ4v) is 1.24. The van der Waals surface area contributed by atoms with E-state index in [9.17, 15) is 0 Å². The third-order valence-electron chi connectivity index (χ3n) is 2.11. The van der Waals surface area contributed by atoms with Gasteiger partial charge < -0.3 is 4.84 Å². The van der Waals surface area contributed by atoms with Crippen LogP contribution in [-0.4, -0.2) is 9.71 Å². The van der Waals surface area contributed by atoms with Crippen molar-refractivity contribution in [2.24, 2.45) is 0 Å². The van der Waals surface area contributed by atoms with E-state index in [0.29, 0.717) is 6.61 Å². The molecule has 0 aliphatic heterocycles. The number of hydrogen-bond donors (Lipinski definition) is 0. The van der Waals surface area contributed by atoms with Crippen molar-refractivity contribution < 1.29 is 4.84 Å². The third kappa shape index (κ3) is 1.93. The average molecular weight is 188 g/mol. The fraction of sp³-hybridized carbons (Fsp3) is 0.182. The van der Waals surface area contributed by atoms with Crippen LogP contribution in [0.5, 0.6) is 0 Å². The standard InChI is InChI=1S/C11H12N2O/c1-10-4-2-3-5-11(10)8-14-13-7-6-12-9-13/h2-7,9H,8H2,1H3. The summed E-state index contributed by atoms with van der Waals surface area (Å²) in [5.74, 6) is 0. The molecule has 0 saturated heterocycles. The highest BCUT2D eigenvalue weighted by Crippen LogP contribution is 2.06. The lowest BCUT2D eigenvalue weighted by atomic mass is 10.1. The van der Waals surface area contributed by atoms with Crippen LogP contribution in [-0.2, 0) is 6.61 Å². The molecule has 2 rings (SSSR count). The van der Waals surface area contributed by atoms with Crippen LogP contribution in [0.4, 0.5) is 0 Å². The summed E-state index contributed by atoms with van der Waals surface area (Å²) in [6, 6.07) is 8.18. The van der Waals surface area contributed by atoms with Crippen LogP contribution in [0.1, 0.15) is 11.1 Å². The van der Waals surface area contributed by atoms with Gasteiger partial charge in [0.1, 0.15) is 12.9 Å². The normalized spacial score (nSPS) is 10.1. The summed E-state index contributed by atoms with van der Waals surface area (Å²) >= 11 is 0. The van der Waals surface area contributed by atoms with Crippen LogP contribution >= 0.6 is 0 Å². The van der Waals surface area contributed by atoms with Gasteiger partial charge in [0.05, 0.1) is 6.20 Å². The van der Waals surface area contributed by atoms with Crippen molar-refractivity contribution in [1.82, 2.24) is 9.71 Å². The molecule has 1 heterocycles. The molecule has 0 amide bonds. The first-order chi connectivity index (χ1) is 6.86. The smallest absolute Gasteiger partial charge is 0.140 e. The minimum absolute atomic E-state index is 0.572. The fourth-order valence-electron chi connectivity index (χ4n) is 1.24. The molecule has 1 aromatic heterocycles. The predicted molar refractivity (Wildman–Crippen MR) is 53.7 cm³/mol. The van der Waals surface area contributed by atoms with Gasteiger partial charge in [0, 0.05) is 6.20 Å². The maximum atomic E-state index is 5.47. The topological polar surface area (TPSA) is 27.1 Å². The van der Waals surface area contributed by atoms with Crippen LogP contribution < -0.4 is 4.84 Å². The lowest BCUT2D eigenvalue weighted by Gasteiger charge is -2.07. The van der Waals surface area contributed by atoms with Crippen LogP contribution in [0.3, 0.4) is 0 Å². The number of rotatable bonds is 3. The predicted octanol–water partition coefficient (Wildman–Crippen LogP) is 1.82. The Morgan fingerprint density at radius 1 is 1.36 bits per heavy atom. The van der Waals surface area contributed by atoms with Gasteiger partial charge in [0.15, 0.2) is 0 Å². The van der Waals surface area contributed by atoms with Gasteiger partial charge in [-0.25, -0.2) is 4.98 Å². The van der Waals surface area contributed by atoms with Crippen molar-refractivity contribution in [1.29, 1.82) is 0 Å². The molecule has 2 aromatic rings. The molecule has 0 spiro atoms. The van der Waals surface area contributed by atoms with E-state index in [-0.39, 0.29) is 0 Å². The van der Waals surface area contributed by atoms with E-state index < -0.39 is 0 Å². The van der Waals surface area contributed by atoms with E-state index in [1.165, 1.54) is 11.1 Å². The summed E-state index contributed by atoms with van der Waals surface area (Å²) in [5.41, 5.74) is 2.44. The summed E-state index contributed by atoms with van der Waals surface area (Å²) in [6.07, 6.45) is 5.11. The molecule has 0 bridgehead atoms. The third-order valence-corrected chi connectivity index (χ3v) is 2.11. The molecule has 14 heavy (non-hydrogen) atoms. The number of nitrogens with zero attached hydrogens (tertiary/aromatic N) is 2. The molecule has 1 aromatic carbocycles.